The third-order valence-electron chi connectivity index (χ3n) is 2.47. The van der Waals surface area contributed by atoms with Gasteiger partial charge in [-0.3, -0.25) is 4.79 Å². The fraction of sp³-hybridized carbons (Fsp3) is 0.812. The lowest BCUT2D eigenvalue weighted by atomic mass is 10.2. The maximum absolute atomic E-state index is 11.7. The fourth-order valence-electron chi connectivity index (χ4n) is 1.55. The van der Waals surface area contributed by atoms with Crippen LogP contribution < -0.4 is 16.0 Å². The van der Waals surface area contributed by atoms with Gasteiger partial charge in [-0.15, -0.1) is 0 Å². The number of rotatable bonds is 6. The van der Waals surface area contributed by atoms with Crippen LogP contribution in [0.1, 0.15) is 54.9 Å². The molecule has 0 saturated carbocycles. The van der Waals surface area contributed by atoms with Gasteiger partial charge in [-0.1, -0.05) is 6.92 Å². The highest BCUT2D eigenvalue weighted by Crippen LogP contribution is 2.07. The molecule has 0 aromatic heterocycles. The van der Waals surface area contributed by atoms with Crippen LogP contribution in [0.3, 0.4) is 0 Å². The van der Waals surface area contributed by atoms with Crippen molar-refractivity contribution in [3.05, 3.63) is 0 Å². The average molecular weight is 345 g/mol. The van der Waals surface area contributed by atoms with Gasteiger partial charge in [0.1, 0.15) is 11.2 Å². The van der Waals surface area contributed by atoms with Gasteiger partial charge in [0.25, 0.3) is 0 Å². The molecule has 0 aliphatic rings. The molecule has 24 heavy (non-hydrogen) atoms. The van der Waals surface area contributed by atoms with Gasteiger partial charge >= 0.3 is 12.2 Å². The van der Waals surface area contributed by atoms with E-state index in [9.17, 15) is 14.4 Å². The van der Waals surface area contributed by atoms with Gasteiger partial charge < -0.3 is 25.4 Å². The Labute approximate surface area is 144 Å². The number of amides is 3. The first kappa shape index (κ1) is 22.0. The Morgan fingerprint density at radius 2 is 1.21 bits per heavy atom. The first-order valence-corrected chi connectivity index (χ1v) is 8.05. The van der Waals surface area contributed by atoms with Crippen LogP contribution in [0.4, 0.5) is 9.59 Å². The van der Waals surface area contributed by atoms with Crippen LogP contribution in [0.25, 0.3) is 0 Å². The summed E-state index contributed by atoms with van der Waals surface area (Å²) in [7, 11) is 0. The molecule has 8 heteroatoms. The molecule has 0 radical (unpaired) electrons. The number of ether oxygens (including phenoxy) is 2. The van der Waals surface area contributed by atoms with Crippen LogP contribution in [0.2, 0.25) is 0 Å². The number of hydrogen-bond donors (Lipinski definition) is 3. The Morgan fingerprint density at radius 1 is 0.833 bits per heavy atom. The van der Waals surface area contributed by atoms with Gasteiger partial charge in [-0.25, -0.2) is 9.59 Å². The van der Waals surface area contributed by atoms with E-state index in [1.807, 2.05) is 0 Å². The second kappa shape index (κ2) is 9.34. The molecule has 0 atom stereocenters. The quantitative estimate of drug-likeness (QED) is 0.682. The molecule has 0 aliphatic heterocycles. The molecule has 0 unspecified atom stereocenters. The lowest BCUT2D eigenvalue weighted by Gasteiger charge is -2.24. The van der Waals surface area contributed by atoms with Gasteiger partial charge in [0, 0.05) is 19.5 Å². The second-order valence-corrected chi connectivity index (χ2v) is 7.38. The summed E-state index contributed by atoms with van der Waals surface area (Å²) in [4.78, 5) is 34.9. The minimum Gasteiger partial charge on any atom is -0.444 e. The Balaban J connectivity index is 4.50. The van der Waals surface area contributed by atoms with Gasteiger partial charge in [-0.05, 0) is 41.5 Å². The molecule has 0 rings (SSSR count). The zero-order valence-electron chi connectivity index (χ0n) is 15.7. The van der Waals surface area contributed by atoms with E-state index >= 15 is 0 Å². The molecule has 0 bridgehead atoms. The summed E-state index contributed by atoms with van der Waals surface area (Å²) in [6.45, 7) is 12.5. The van der Waals surface area contributed by atoms with E-state index in [0.717, 1.165) is 0 Å². The van der Waals surface area contributed by atoms with Crippen molar-refractivity contribution in [2.24, 2.45) is 0 Å². The van der Waals surface area contributed by atoms with E-state index in [-0.39, 0.29) is 19.0 Å². The highest BCUT2D eigenvalue weighted by molar-refractivity contribution is 5.76. The number of nitrogens with one attached hydrogen (secondary N) is 3. The van der Waals surface area contributed by atoms with Crippen LogP contribution in [-0.2, 0) is 14.3 Å². The highest BCUT2D eigenvalue weighted by Gasteiger charge is 2.20. The Morgan fingerprint density at radius 3 is 1.50 bits per heavy atom. The minimum atomic E-state index is -0.610. The largest absolute Gasteiger partial charge is 0.444 e. The molecule has 0 saturated heterocycles. The van der Waals surface area contributed by atoms with Crippen molar-refractivity contribution in [3.63, 3.8) is 0 Å². The smallest absolute Gasteiger partial charge is 0.407 e. The third-order valence-corrected chi connectivity index (χ3v) is 2.47. The summed E-state index contributed by atoms with van der Waals surface area (Å²) in [6.07, 6.45) is -0.874. The van der Waals surface area contributed by atoms with Crippen LogP contribution in [0, 0.1) is 0 Å². The molecule has 3 amide bonds. The average Bonchev–Trinajstić information content (AvgIpc) is 2.37. The third kappa shape index (κ3) is 12.5. The Bertz CT molecular complexity index is 406. The highest BCUT2D eigenvalue weighted by atomic mass is 16.6. The SMILES string of the molecule is CCC(=O)NC(CNC(=O)OC(C)(C)C)CNC(=O)OC(C)(C)C. The molecule has 0 fully saturated rings. The molecule has 0 aromatic rings. The summed E-state index contributed by atoms with van der Waals surface area (Å²) >= 11 is 0. The molecule has 8 nitrogen and oxygen atoms in total. The number of carbonyl (C=O) groups excluding carboxylic acids is 3. The standard InChI is InChI=1S/C16H31N3O5/c1-8-12(20)19-11(9-17-13(21)23-15(2,3)4)10-18-14(22)24-16(5,6)7/h11H,8-10H2,1-7H3,(H,17,21)(H,18,22)(H,19,20). The van der Waals surface area contributed by atoms with E-state index in [1.54, 1.807) is 48.5 Å². The summed E-state index contributed by atoms with van der Waals surface area (Å²) in [5.41, 5.74) is -1.22. The van der Waals surface area contributed by atoms with Crippen molar-refractivity contribution in [2.45, 2.75) is 72.1 Å². The van der Waals surface area contributed by atoms with Gasteiger partial charge in [-0.2, -0.15) is 0 Å². The van der Waals surface area contributed by atoms with E-state index in [2.05, 4.69) is 16.0 Å². The minimum absolute atomic E-state index is 0.121. The van der Waals surface area contributed by atoms with Crippen molar-refractivity contribution in [2.75, 3.05) is 13.1 Å². The molecule has 0 heterocycles. The zero-order chi connectivity index (χ0) is 19.0. The maximum Gasteiger partial charge on any atom is 0.407 e. The molecular formula is C16H31N3O5. The normalized spacial score (nSPS) is 11.7. The van der Waals surface area contributed by atoms with E-state index < -0.39 is 29.4 Å². The summed E-state index contributed by atoms with van der Waals surface area (Å²) in [5.74, 6) is -0.183. The monoisotopic (exact) mass is 345 g/mol. The first-order valence-electron chi connectivity index (χ1n) is 8.05. The lowest BCUT2D eigenvalue weighted by Crippen LogP contribution is -2.50. The predicted octanol–water partition coefficient (Wildman–Crippen LogP) is 1.93. The molecule has 0 aliphatic carbocycles. The first-order chi connectivity index (χ1) is 10.8. The van der Waals surface area contributed by atoms with Crippen molar-refractivity contribution in [1.82, 2.24) is 16.0 Å². The summed E-state index contributed by atoms with van der Waals surface area (Å²) in [6, 6.07) is -0.475. The van der Waals surface area contributed by atoms with Crippen molar-refractivity contribution >= 4 is 18.1 Å². The summed E-state index contributed by atoms with van der Waals surface area (Å²) in [5, 5.41) is 7.87. The number of carbonyl (C=O) groups is 3. The maximum atomic E-state index is 11.7. The summed E-state index contributed by atoms with van der Waals surface area (Å²) < 4.78 is 10.3. The Hall–Kier alpha value is -1.99. The van der Waals surface area contributed by atoms with Crippen molar-refractivity contribution in [1.29, 1.82) is 0 Å². The van der Waals surface area contributed by atoms with E-state index in [4.69, 9.17) is 9.47 Å². The molecule has 0 aromatic carbocycles. The molecule has 3 N–H and O–H groups in total. The van der Waals surface area contributed by atoms with E-state index in [0.29, 0.717) is 6.42 Å². The second-order valence-electron chi connectivity index (χ2n) is 7.38. The van der Waals surface area contributed by atoms with Crippen molar-refractivity contribution < 1.29 is 23.9 Å². The lowest BCUT2D eigenvalue weighted by molar-refractivity contribution is -0.121. The van der Waals surface area contributed by atoms with E-state index in [1.165, 1.54) is 0 Å². The van der Waals surface area contributed by atoms with Crippen LogP contribution in [0.5, 0.6) is 0 Å². The van der Waals surface area contributed by atoms with Gasteiger partial charge in [0.05, 0.1) is 6.04 Å². The zero-order valence-corrected chi connectivity index (χ0v) is 15.7. The Kier molecular flexibility index (Phi) is 8.57. The topological polar surface area (TPSA) is 106 Å². The molecule has 0 spiro atoms. The van der Waals surface area contributed by atoms with Crippen molar-refractivity contribution in [3.8, 4) is 0 Å². The molecular weight excluding hydrogens is 314 g/mol. The predicted molar refractivity (Wildman–Crippen MR) is 90.7 cm³/mol. The van der Waals surface area contributed by atoms with Crippen LogP contribution in [0.15, 0.2) is 0 Å². The number of alkyl carbamates (subject to hydrolysis) is 2. The van der Waals surface area contributed by atoms with Crippen LogP contribution in [-0.4, -0.2) is 48.4 Å². The van der Waals surface area contributed by atoms with Gasteiger partial charge in [0.15, 0.2) is 0 Å². The number of hydrogen-bond acceptors (Lipinski definition) is 5. The van der Waals surface area contributed by atoms with Gasteiger partial charge in [0.2, 0.25) is 5.91 Å². The fourth-order valence-corrected chi connectivity index (χ4v) is 1.55. The van der Waals surface area contributed by atoms with Crippen LogP contribution >= 0.6 is 0 Å². The molecule has 140 valence electrons.